The largest absolute Gasteiger partial charge is 0.480 e. The predicted molar refractivity (Wildman–Crippen MR) is 204 cm³/mol. The van der Waals surface area contributed by atoms with Crippen LogP contribution >= 0.6 is 0 Å². The third-order valence-electron chi connectivity index (χ3n) is 11.9. The van der Waals surface area contributed by atoms with Crippen LogP contribution in [0.25, 0.3) is 0 Å². The molecule has 0 saturated carbocycles. The second-order valence-electron chi connectivity index (χ2n) is 15.9. The summed E-state index contributed by atoms with van der Waals surface area (Å²) < 4.78 is 11.9. The summed E-state index contributed by atoms with van der Waals surface area (Å²) in [6.45, 7) is 13.0. The Hall–Kier alpha value is -3.35. The number of ether oxygens (including phenoxy) is 2. The molecular weight excluding hydrogens is 676 g/mol. The highest BCUT2D eigenvalue weighted by molar-refractivity contribution is 5.92. The fourth-order valence-electron chi connectivity index (χ4n) is 8.25. The summed E-state index contributed by atoms with van der Waals surface area (Å²) in [6.07, 6.45) is 3.86. The molecule has 0 spiro atoms. The van der Waals surface area contributed by atoms with Crippen LogP contribution in [-0.4, -0.2) is 115 Å². The topological polar surface area (TPSA) is 155 Å². The zero-order chi connectivity index (χ0) is 39.5. The van der Waals surface area contributed by atoms with Gasteiger partial charge in [0.2, 0.25) is 17.7 Å². The highest BCUT2D eigenvalue weighted by Crippen LogP contribution is 2.32. The first-order chi connectivity index (χ1) is 25.1. The normalized spacial score (nSPS) is 23.0. The minimum atomic E-state index is -1.13. The minimum Gasteiger partial charge on any atom is -0.480 e. The molecule has 2 aliphatic heterocycles. The van der Waals surface area contributed by atoms with E-state index in [2.05, 4.69) is 17.6 Å². The number of hydrogen-bond acceptors (Lipinski definition) is 8. The number of amides is 3. The molecule has 12 heteroatoms. The number of benzene rings is 1. The monoisotopic (exact) mass is 742 g/mol. The first-order valence-electron chi connectivity index (χ1n) is 19.6. The van der Waals surface area contributed by atoms with Crippen LogP contribution in [0.15, 0.2) is 30.3 Å². The van der Waals surface area contributed by atoms with Gasteiger partial charge in [0.15, 0.2) is 5.78 Å². The Balaban J connectivity index is 1.76. The first-order valence-corrected chi connectivity index (χ1v) is 19.6. The zero-order valence-electron chi connectivity index (χ0n) is 33.6. The summed E-state index contributed by atoms with van der Waals surface area (Å²) in [6, 6.07) is 7.17. The van der Waals surface area contributed by atoms with Crippen LogP contribution in [0.2, 0.25) is 0 Å². The predicted octanol–water partition coefficient (Wildman–Crippen LogP) is 4.48. The number of methoxy groups -OCH3 is 2. The summed E-state index contributed by atoms with van der Waals surface area (Å²) in [7, 11) is 4.83. The fourth-order valence-corrected chi connectivity index (χ4v) is 8.25. The van der Waals surface area contributed by atoms with Crippen LogP contribution in [-0.2, 0) is 39.9 Å². The minimum absolute atomic E-state index is 0.00868. The number of likely N-dealkylation sites (tertiary alicyclic amines) is 1. The molecule has 2 saturated heterocycles. The number of piperidine rings is 1. The standard InChI is InChI=1S/C41H66N4O8/c1-10-27(4)36(44(7)39(49)30(26(2)3)24-34(46)41(6)20-14-15-21-42-41)33(52-8)25-35(47)45-22-16-19-32(45)37(53-9)28(5)38(48)43-31(40(50)51)23-29-17-12-11-13-18-29/h11-13,17-18,26-28,30-33,36-37,42H,10,14-16,19-25H2,1-9H3,(H,43,48)(H,50,51)/t27-,28+,30-,31-,32-,33+,36-,37+,41-/m0/s1. The number of likely N-dealkylation sites (N-methyl/N-ethyl adjacent to an activating group) is 1. The Morgan fingerprint density at radius 1 is 1.02 bits per heavy atom. The molecule has 9 atom stereocenters. The lowest BCUT2D eigenvalue weighted by Crippen LogP contribution is -2.56. The summed E-state index contributed by atoms with van der Waals surface area (Å²) in [5, 5.41) is 16.0. The van der Waals surface area contributed by atoms with E-state index in [1.165, 1.54) is 7.11 Å². The van der Waals surface area contributed by atoms with Crippen molar-refractivity contribution in [1.29, 1.82) is 0 Å². The number of nitrogens with zero attached hydrogens (tertiary/aromatic N) is 2. The van der Waals surface area contributed by atoms with Crippen molar-refractivity contribution in [3.63, 3.8) is 0 Å². The second-order valence-corrected chi connectivity index (χ2v) is 15.9. The molecule has 3 rings (SSSR count). The fraction of sp³-hybridized carbons (Fsp3) is 0.732. The van der Waals surface area contributed by atoms with E-state index in [0.717, 1.165) is 44.2 Å². The van der Waals surface area contributed by atoms with E-state index in [-0.39, 0.29) is 48.7 Å². The Kier molecular flexibility index (Phi) is 16.9. The molecular formula is C41H66N4O8. The zero-order valence-corrected chi connectivity index (χ0v) is 33.6. The average Bonchev–Trinajstić information content (AvgIpc) is 3.63. The Bertz CT molecular complexity index is 1370. The Morgan fingerprint density at radius 2 is 1.70 bits per heavy atom. The van der Waals surface area contributed by atoms with Crippen LogP contribution in [0.1, 0.15) is 98.5 Å². The molecule has 2 fully saturated rings. The lowest BCUT2D eigenvalue weighted by atomic mass is 9.79. The number of rotatable bonds is 20. The summed E-state index contributed by atoms with van der Waals surface area (Å²) >= 11 is 0. The van der Waals surface area contributed by atoms with Crippen LogP contribution < -0.4 is 10.6 Å². The van der Waals surface area contributed by atoms with Crippen molar-refractivity contribution in [2.45, 2.75) is 135 Å². The van der Waals surface area contributed by atoms with Gasteiger partial charge in [0.1, 0.15) is 6.04 Å². The third kappa shape index (κ3) is 11.3. The van der Waals surface area contributed by atoms with Gasteiger partial charge in [-0.05, 0) is 63.0 Å². The van der Waals surface area contributed by atoms with E-state index in [9.17, 15) is 29.1 Å². The number of hydrogen-bond donors (Lipinski definition) is 3. The van der Waals surface area contributed by atoms with E-state index in [1.54, 1.807) is 30.9 Å². The summed E-state index contributed by atoms with van der Waals surface area (Å²) in [5.41, 5.74) is 0.158. The maximum absolute atomic E-state index is 14.3. The molecule has 53 heavy (non-hydrogen) atoms. The van der Waals surface area contributed by atoms with Crippen molar-refractivity contribution < 1.29 is 38.6 Å². The second kappa shape index (κ2) is 20.4. The number of Topliss-reactive ketones (excluding diaryl/α,β-unsaturated/α-hetero) is 1. The lowest BCUT2D eigenvalue weighted by Gasteiger charge is -2.41. The van der Waals surface area contributed by atoms with Crippen LogP contribution in [0.5, 0.6) is 0 Å². The van der Waals surface area contributed by atoms with E-state index in [1.807, 2.05) is 58.0 Å². The Labute approximate surface area is 317 Å². The van der Waals surface area contributed by atoms with Crippen molar-refractivity contribution in [2.24, 2.45) is 23.7 Å². The van der Waals surface area contributed by atoms with Gasteiger partial charge in [0.25, 0.3) is 0 Å². The van der Waals surface area contributed by atoms with Gasteiger partial charge in [-0.3, -0.25) is 19.2 Å². The van der Waals surface area contributed by atoms with E-state index in [0.29, 0.717) is 13.0 Å². The quantitative estimate of drug-likeness (QED) is 0.176. The number of nitrogens with one attached hydrogen (secondary N) is 2. The molecule has 12 nitrogen and oxygen atoms in total. The summed E-state index contributed by atoms with van der Waals surface area (Å²) in [5.74, 6) is -3.16. The van der Waals surface area contributed by atoms with E-state index in [4.69, 9.17) is 9.47 Å². The molecule has 2 heterocycles. The molecule has 0 aliphatic carbocycles. The maximum Gasteiger partial charge on any atom is 0.326 e. The molecule has 3 N–H and O–H groups in total. The molecule has 1 aromatic carbocycles. The number of carboxylic acid groups (broad SMARTS) is 1. The van der Waals surface area contributed by atoms with Gasteiger partial charge in [-0.15, -0.1) is 0 Å². The summed E-state index contributed by atoms with van der Waals surface area (Å²) in [4.78, 5) is 71.1. The highest BCUT2D eigenvalue weighted by Gasteiger charge is 2.44. The first kappa shape index (κ1) is 44.0. The van der Waals surface area contributed by atoms with Gasteiger partial charge in [0, 0.05) is 46.6 Å². The molecule has 1 aromatic rings. The van der Waals surface area contributed by atoms with Gasteiger partial charge in [-0.2, -0.15) is 0 Å². The van der Waals surface area contributed by atoms with Gasteiger partial charge in [0.05, 0.1) is 42.2 Å². The lowest BCUT2D eigenvalue weighted by molar-refractivity contribution is -0.149. The van der Waals surface area contributed by atoms with Crippen molar-refractivity contribution in [3.8, 4) is 0 Å². The van der Waals surface area contributed by atoms with Crippen LogP contribution in [0.3, 0.4) is 0 Å². The molecule has 2 aliphatic rings. The van der Waals surface area contributed by atoms with Crippen molar-refractivity contribution >= 4 is 29.5 Å². The molecule has 3 amide bonds. The smallest absolute Gasteiger partial charge is 0.326 e. The molecule has 0 radical (unpaired) electrons. The molecule has 0 bridgehead atoms. The van der Waals surface area contributed by atoms with Gasteiger partial charge in [-0.25, -0.2) is 4.79 Å². The van der Waals surface area contributed by atoms with Crippen LogP contribution in [0.4, 0.5) is 0 Å². The SMILES string of the molecule is CC[C@H](C)[C@@H]([C@@H](CC(=O)N1CCC[C@H]1[C@H](OC)[C@@H](C)C(=O)N[C@@H](Cc1ccccc1)C(=O)O)OC)N(C)C(=O)[C@@H](CC(=O)[C@]1(C)CCCCN1)C(C)C. The number of carbonyl (C=O) groups is 5. The van der Waals surface area contributed by atoms with Crippen molar-refractivity contribution in [2.75, 3.05) is 34.4 Å². The van der Waals surface area contributed by atoms with E-state index >= 15 is 0 Å². The Morgan fingerprint density at radius 3 is 2.25 bits per heavy atom. The van der Waals surface area contributed by atoms with Gasteiger partial charge < -0.3 is 35.0 Å². The average molecular weight is 743 g/mol. The highest BCUT2D eigenvalue weighted by atomic mass is 16.5. The van der Waals surface area contributed by atoms with E-state index < -0.39 is 59.6 Å². The number of carbonyl (C=O) groups excluding carboxylic acids is 4. The molecule has 298 valence electrons. The third-order valence-corrected chi connectivity index (χ3v) is 11.9. The number of aliphatic carboxylic acids is 1. The van der Waals surface area contributed by atoms with Crippen molar-refractivity contribution in [3.05, 3.63) is 35.9 Å². The molecule has 0 unspecified atom stereocenters. The molecule has 0 aromatic heterocycles. The van der Waals surface area contributed by atoms with Gasteiger partial charge >= 0.3 is 5.97 Å². The number of ketones is 1. The van der Waals surface area contributed by atoms with Gasteiger partial charge in [-0.1, -0.05) is 71.4 Å². The maximum atomic E-state index is 14.3. The van der Waals surface area contributed by atoms with Crippen molar-refractivity contribution in [1.82, 2.24) is 20.4 Å². The number of carboxylic acids is 1. The van der Waals surface area contributed by atoms with Crippen LogP contribution in [0, 0.1) is 23.7 Å².